The number of nitrogens with one attached hydrogen (secondary N) is 1. The summed E-state index contributed by atoms with van der Waals surface area (Å²) in [5.41, 5.74) is -1.19. The Morgan fingerprint density at radius 3 is 2.24 bits per heavy atom. The van der Waals surface area contributed by atoms with Crippen molar-refractivity contribution < 1.29 is 14.7 Å². The average molecular weight is 244 g/mol. The fourth-order valence-corrected chi connectivity index (χ4v) is 1.41. The quantitative estimate of drug-likeness (QED) is 0.750. The third kappa shape index (κ3) is 4.24. The van der Waals surface area contributed by atoms with Crippen LogP contribution in [0.2, 0.25) is 0 Å². The summed E-state index contributed by atoms with van der Waals surface area (Å²) < 4.78 is 0. The lowest BCUT2D eigenvalue weighted by Crippen LogP contribution is -2.56. The highest BCUT2D eigenvalue weighted by atomic mass is 16.4. The molecule has 5 heteroatoms. The molecule has 2 N–H and O–H groups in total. The normalized spacial score (nSPS) is 13.0. The van der Waals surface area contributed by atoms with Crippen molar-refractivity contribution in [3.8, 4) is 0 Å². The van der Waals surface area contributed by atoms with Crippen LogP contribution in [-0.4, -0.2) is 40.6 Å². The molecule has 0 aromatic carbocycles. The maximum absolute atomic E-state index is 11.9. The minimum Gasteiger partial charge on any atom is -0.480 e. The number of carboxylic acids is 1. The molecule has 0 aromatic rings. The zero-order chi connectivity index (χ0) is 13.6. The second-order valence-corrected chi connectivity index (χ2v) is 4.81. The van der Waals surface area contributed by atoms with Gasteiger partial charge in [0.25, 0.3) is 0 Å². The lowest BCUT2D eigenvalue weighted by Gasteiger charge is -2.34. The molecule has 100 valence electrons. The molecule has 0 heterocycles. The molecule has 17 heavy (non-hydrogen) atoms. The summed E-state index contributed by atoms with van der Waals surface area (Å²) in [6.45, 7) is 9.86. The third-order valence-electron chi connectivity index (χ3n) is 3.06. The fraction of sp³-hybridized carbons (Fsp3) is 0.833. The Balaban J connectivity index is 4.57. The van der Waals surface area contributed by atoms with Crippen molar-refractivity contribution >= 4 is 12.0 Å². The van der Waals surface area contributed by atoms with Gasteiger partial charge in [-0.15, -0.1) is 0 Å². The standard InChI is InChI=1S/C12H24N2O3/c1-6-9(3)8-13-11(17)14(7-2)12(4,5)10(15)16/h9H,6-8H2,1-5H3,(H,13,17)(H,15,16). The first kappa shape index (κ1) is 15.7. The van der Waals surface area contributed by atoms with Crippen LogP contribution in [0, 0.1) is 5.92 Å². The Morgan fingerprint density at radius 1 is 1.35 bits per heavy atom. The summed E-state index contributed by atoms with van der Waals surface area (Å²) in [5, 5.41) is 11.9. The molecule has 0 aliphatic rings. The van der Waals surface area contributed by atoms with E-state index in [-0.39, 0.29) is 6.03 Å². The molecule has 0 rings (SSSR count). The smallest absolute Gasteiger partial charge is 0.329 e. The summed E-state index contributed by atoms with van der Waals surface area (Å²) in [5.74, 6) is -0.608. The van der Waals surface area contributed by atoms with E-state index in [0.29, 0.717) is 19.0 Å². The number of carbonyl (C=O) groups is 2. The Morgan fingerprint density at radius 2 is 1.88 bits per heavy atom. The molecular weight excluding hydrogens is 220 g/mol. The Labute approximate surface area is 103 Å². The summed E-state index contributed by atoms with van der Waals surface area (Å²) in [7, 11) is 0. The fourth-order valence-electron chi connectivity index (χ4n) is 1.41. The lowest BCUT2D eigenvalue weighted by atomic mass is 10.0. The van der Waals surface area contributed by atoms with Gasteiger partial charge in [0.15, 0.2) is 0 Å². The first-order valence-corrected chi connectivity index (χ1v) is 6.06. The van der Waals surface area contributed by atoms with Crippen LogP contribution in [0.4, 0.5) is 4.79 Å². The monoisotopic (exact) mass is 244 g/mol. The van der Waals surface area contributed by atoms with Crippen LogP contribution in [0.3, 0.4) is 0 Å². The van der Waals surface area contributed by atoms with E-state index in [1.54, 1.807) is 6.92 Å². The van der Waals surface area contributed by atoms with Gasteiger partial charge in [0.1, 0.15) is 5.54 Å². The molecule has 0 radical (unpaired) electrons. The van der Waals surface area contributed by atoms with Crippen LogP contribution in [-0.2, 0) is 4.79 Å². The van der Waals surface area contributed by atoms with Crippen molar-refractivity contribution in [2.75, 3.05) is 13.1 Å². The Bertz CT molecular complexity index is 277. The number of hydrogen-bond donors (Lipinski definition) is 2. The van der Waals surface area contributed by atoms with Gasteiger partial charge in [-0.05, 0) is 26.7 Å². The van der Waals surface area contributed by atoms with E-state index in [2.05, 4.69) is 12.2 Å². The topological polar surface area (TPSA) is 69.6 Å². The van der Waals surface area contributed by atoms with Crippen molar-refractivity contribution in [3.05, 3.63) is 0 Å². The molecule has 1 unspecified atom stereocenters. The maximum atomic E-state index is 11.9. The second kappa shape index (κ2) is 6.47. The van der Waals surface area contributed by atoms with Crippen molar-refractivity contribution in [3.63, 3.8) is 0 Å². The predicted molar refractivity (Wildman–Crippen MR) is 66.9 cm³/mol. The van der Waals surface area contributed by atoms with Gasteiger partial charge in [0.05, 0.1) is 0 Å². The molecule has 2 amide bonds. The number of hydrogen-bond acceptors (Lipinski definition) is 2. The minimum absolute atomic E-state index is 0.319. The molecule has 1 atom stereocenters. The maximum Gasteiger partial charge on any atom is 0.329 e. The number of carbonyl (C=O) groups excluding carboxylic acids is 1. The second-order valence-electron chi connectivity index (χ2n) is 4.81. The number of nitrogens with zero attached hydrogens (tertiary/aromatic N) is 1. The number of likely N-dealkylation sites (N-methyl/N-ethyl adjacent to an activating group) is 1. The number of carboxylic acid groups (broad SMARTS) is 1. The summed E-state index contributed by atoms with van der Waals surface area (Å²) in [6, 6.07) is -0.319. The lowest BCUT2D eigenvalue weighted by molar-refractivity contribution is -0.147. The van der Waals surface area contributed by atoms with Gasteiger partial charge in [-0.2, -0.15) is 0 Å². The number of urea groups is 1. The number of rotatable bonds is 6. The molecule has 5 nitrogen and oxygen atoms in total. The van der Waals surface area contributed by atoms with E-state index in [4.69, 9.17) is 5.11 Å². The largest absolute Gasteiger partial charge is 0.480 e. The zero-order valence-electron chi connectivity index (χ0n) is 11.4. The van der Waals surface area contributed by atoms with Crippen LogP contribution in [0.15, 0.2) is 0 Å². The van der Waals surface area contributed by atoms with E-state index >= 15 is 0 Å². The predicted octanol–water partition coefficient (Wildman–Crippen LogP) is 1.93. The molecule has 0 aromatic heterocycles. The first-order chi connectivity index (χ1) is 7.77. The van der Waals surface area contributed by atoms with Gasteiger partial charge < -0.3 is 15.3 Å². The number of amides is 2. The van der Waals surface area contributed by atoms with Gasteiger partial charge in [-0.3, -0.25) is 0 Å². The molecule has 0 spiro atoms. The number of aliphatic carboxylic acids is 1. The van der Waals surface area contributed by atoms with Crippen LogP contribution in [0.5, 0.6) is 0 Å². The van der Waals surface area contributed by atoms with Crippen LogP contribution < -0.4 is 5.32 Å². The summed E-state index contributed by atoms with van der Waals surface area (Å²) >= 11 is 0. The van der Waals surface area contributed by atoms with Gasteiger partial charge in [-0.1, -0.05) is 20.3 Å². The van der Waals surface area contributed by atoms with Gasteiger partial charge in [0, 0.05) is 13.1 Å². The van der Waals surface area contributed by atoms with Crippen LogP contribution in [0.25, 0.3) is 0 Å². The summed E-state index contributed by atoms with van der Waals surface area (Å²) in [4.78, 5) is 24.3. The van der Waals surface area contributed by atoms with Crippen LogP contribution >= 0.6 is 0 Å². The van der Waals surface area contributed by atoms with Crippen molar-refractivity contribution in [2.24, 2.45) is 5.92 Å². The first-order valence-electron chi connectivity index (χ1n) is 6.06. The van der Waals surface area contributed by atoms with E-state index in [0.717, 1.165) is 6.42 Å². The average Bonchev–Trinajstić information content (AvgIpc) is 2.26. The van der Waals surface area contributed by atoms with Crippen molar-refractivity contribution in [1.29, 1.82) is 0 Å². The highest BCUT2D eigenvalue weighted by Gasteiger charge is 2.36. The molecule has 0 fully saturated rings. The van der Waals surface area contributed by atoms with E-state index in [1.807, 2.05) is 6.92 Å². The van der Waals surface area contributed by atoms with Crippen LogP contribution in [0.1, 0.15) is 41.0 Å². The molecule has 0 saturated carbocycles. The molecule has 0 aliphatic carbocycles. The third-order valence-corrected chi connectivity index (χ3v) is 3.06. The highest BCUT2D eigenvalue weighted by molar-refractivity contribution is 5.85. The van der Waals surface area contributed by atoms with E-state index in [1.165, 1.54) is 18.7 Å². The van der Waals surface area contributed by atoms with Crippen molar-refractivity contribution in [2.45, 2.75) is 46.6 Å². The highest BCUT2D eigenvalue weighted by Crippen LogP contribution is 2.14. The van der Waals surface area contributed by atoms with E-state index in [9.17, 15) is 9.59 Å². The molecule has 0 saturated heterocycles. The van der Waals surface area contributed by atoms with Gasteiger partial charge >= 0.3 is 12.0 Å². The van der Waals surface area contributed by atoms with Crippen molar-refractivity contribution in [1.82, 2.24) is 10.2 Å². The van der Waals surface area contributed by atoms with E-state index < -0.39 is 11.5 Å². The zero-order valence-corrected chi connectivity index (χ0v) is 11.4. The molecular formula is C12H24N2O3. The Hall–Kier alpha value is -1.26. The molecule has 0 aliphatic heterocycles. The van der Waals surface area contributed by atoms with Gasteiger partial charge in [0.2, 0.25) is 0 Å². The summed E-state index contributed by atoms with van der Waals surface area (Å²) in [6.07, 6.45) is 0.981. The Kier molecular flexibility index (Phi) is 5.99. The minimum atomic E-state index is -1.19. The molecule has 0 bridgehead atoms. The SMILES string of the molecule is CCC(C)CNC(=O)N(CC)C(C)(C)C(=O)O. The van der Waals surface area contributed by atoms with Gasteiger partial charge in [-0.25, -0.2) is 9.59 Å².